The number of nitrogens with one attached hydrogen (secondary N) is 1. The summed E-state index contributed by atoms with van der Waals surface area (Å²) in [6, 6.07) is 2.58. The van der Waals surface area contributed by atoms with Crippen molar-refractivity contribution in [3.05, 3.63) is 23.0 Å². The molecule has 0 radical (unpaired) electrons. The van der Waals surface area contributed by atoms with E-state index in [-0.39, 0.29) is 0 Å². The van der Waals surface area contributed by atoms with Crippen LogP contribution in [0.25, 0.3) is 0 Å². The number of hydrogen-bond donors (Lipinski definition) is 1. The zero-order valence-corrected chi connectivity index (χ0v) is 12.5. The van der Waals surface area contributed by atoms with Crippen LogP contribution in [0.1, 0.15) is 63.0 Å². The molecule has 3 nitrogen and oxygen atoms in total. The lowest BCUT2D eigenvalue weighted by molar-refractivity contribution is 0.393. The minimum absolute atomic E-state index is 0.408. The first kappa shape index (κ1) is 15.1. The van der Waals surface area contributed by atoms with Gasteiger partial charge < -0.3 is 5.32 Å². The Hall–Kier alpha value is -0.960. The van der Waals surface area contributed by atoms with Gasteiger partial charge in [0.1, 0.15) is 0 Å². The Balaban J connectivity index is 2.85. The lowest BCUT2D eigenvalue weighted by Crippen LogP contribution is -2.24. The third kappa shape index (κ3) is 4.37. The minimum Gasteiger partial charge on any atom is -0.310 e. The maximum atomic E-state index is 4.25. The topological polar surface area (TPSA) is 37.8 Å². The monoisotopic (exact) mass is 249 g/mol. The fraction of sp³-hybridized carbons (Fsp3) is 0.733. The van der Waals surface area contributed by atoms with Crippen LogP contribution >= 0.6 is 0 Å². The van der Waals surface area contributed by atoms with Gasteiger partial charge in [0.2, 0.25) is 0 Å². The highest BCUT2D eigenvalue weighted by molar-refractivity contribution is 5.23. The molecule has 1 heterocycles. The van der Waals surface area contributed by atoms with Crippen molar-refractivity contribution in [3.63, 3.8) is 0 Å². The van der Waals surface area contributed by atoms with Crippen molar-refractivity contribution in [1.29, 1.82) is 0 Å². The molecule has 18 heavy (non-hydrogen) atoms. The number of aryl methyl sites for hydroxylation is 2. The summed E-state index contributed by atoms with van der Waals surface area (Å²) >= 11 is 0. The molecule has 2 unspecified atom stereocenters. The van der Waals surface area contributed by atoms with Crippen LogP contribution in [-0.2, 0) is 0 Å². The summed E-state index contributed by atoms with van der Waals surface area (Å²) in [7, 11) is 0. The molecule has 3 heteroatoms. The van der Waals surface area contributed by atoms with Crippen molar-refractivity contribution in [1.82, 2.24) is 15.5 Å². The highest BCUT2D eigenvalue weighted by Gasteiger charge is 2.17. The van der Waals surface area contributed by atoms with E-state index in [4.69, 9.17) is 0 Å². The smallest absolute Gasteiger partial charge is 0.0648 e. The molecule has 0 aromatic carbocycles. The Morgan fingerprint density at radius 3 is 2.56 bits per heavy atom. The first-order valence-electron chi connectivity index (χ1n) is 7.12. The third-order valence-corrected chi connectivity index (χ3v) is 3.39. The standard InChI is InChI=1S/C15H27N3/c1-6-8-11(3)9-15(16-7-2)14-10-12(4)17-18-13(14)5/h10-11,15-16H,6-9H2,1-5H3. The summed E-state index contributed by atoms with van der Waals surface area (Å²) in [5.41, 5.74) is 3.36. The molecule has 0 bridgehead atoms. The molecule has 0 spiro atoms. The molecule has 0 aliphatic rings. The maximum absolute atomic E-state index is 4.25. The van der Waals surface area contributed by atoms with E-state index < -0.39 is 0 Å². The van der Waals surface area contributed by atoms with Crippen molar-refractivity contribution >= 4 is 0 Å². The van der Waals surface area contributed by atoms with Crippen molar-refractivity contribution in [3.8, 4) is 0 Å². The fourth-order valence-corrected chi connectivity index (χ4v) is 2.50. The van der Waals surface area contributed by atoms with Gasteiger partial charge in [-0.05, 0) is 44.4 Å². The fourth-order valence-electron chi connectivity index (χ4n) is 2.50. The van der Waals surface area contributed by atoms with Crippen LogP contribution in [0.15, 0.2) is 6.07 Å². The number of rotatable bonds is 7. The quantitative estimate of drug-likeness (QED) is 0.802. The molecule has 1 rings (SSSR count). The maximum Gasteiger partial charge on any atom is 0.0648 e. The van der Waals surface area contributed by atoms with Crippen molar-refractivity contribution in [2.45, 2.75) is 59.9 Å². The molecule has 2 atom stereocenters. The van der Waals surface area contributed by atoms with E-state index in [9.17, 15) is 0 Å². The molecule has 0 amide bonds. The first-order chi connectivity index (χ1) is 8.58. The highest BCUT2D eigenvalue weighted by Crippen LogP contribution is 2.25. The van der Waals surface area contributed by atoms with Gasteiger partial charge >= 0.3 is 0 Å². The van der Waals surface area contributed by atoms with Gasteiger partial charge in [0.05, 0.1) is 11.4 Å². The zero-order valence-electron chi connectivity index (χ0n) is 12.5. The summed E-state index contributed by atoms with van der Waals surface area (Å²) in [5, 5.41) is 12.0. The van der Waals surface area contributed by atoms with E-state index in [0.717, 1.165) is 23.9 Å². The molecule has 0 saturated heterocycles. The summed E-state index contributed by atoms with van der Waals surface area (Å²) in [5.74, 6) is 0.743. The molecular weight excluding hydrogens is 222 g/mol. The second kappa shape index (κ2) is 7.47. The molecule has 1 N–H and O–H groups in total. The van der Waals surface area contributed by atoms with Gasteiger partial charge in [0.25, 0.3) is 0 Å². The van der Waals surface area contributed by atoms with E-state index in [1.807, 2.05) is 6.92 Å². The minimum atomic E-state index is 0.408. The van der Waals surface area contributed by atoms with E-state index in [1.165, 1.54) is 24.8 Å². The second-order valence-corrected chi connectivity index (χ2v) is 5.27. The molecule has 0 aliphatic carbocycles. The van der Waals surface area contributed by atoms with Gasteiger partial charge in [-0.2, -0.15) is 10.2 Å². The average Bonchev–Trinajstić information content (AvgIpc) is 2.32. The van der Waals surface area contributed by atoms with Gasteiger partial charge in [-0.1, -0.05) is 33.6 Å². The third-order valence-electron chi connectivity index (χ3n) is 3.39. The molecule has 1 aromatic heterocycles. The number of hydrogen-bond acceptors (Lipinski definition) is 3. The van der Waals surface area contributed by atoms with Crippen LogP contribution in [-0.4, -0.2) is 16.7 Å². The normalized spacial score (nSPS) is 14.5. The van der Waals surface area contributed by atoms with Crippen molar-refractivity contribution < 1.29 is 0 Å². The summed E-state index contributed by atoms with van der Waals surface area (Å²) < 4.78 is 0. The lowest BCUT2D eigenvalue weighted by atomic mass is 9.92. The average molecular weight is 249 g/mol. The summed E-state index contributed by atoms with van der Waals surface area (Å²) in [4.78, 5) is 0. The van der Waals surface area contributed by atoms with Crippen LogP contribution in [0.2, 0.25) is 0 Å². The number of aromatic nitrogens is 2. The van der Waals surface area contributed by atoms with Gasteiger partial charge in [-0.3, -0.25) is 0 Å². The van der Waals surface area contributed by atoms with Crippen LogP contribution in [0, 0.1) is 19.8 Å². The first-order valence-corrected chi connectivity index (χ1v) is 7.12. The Kier molecular flexibility index (Phi) is 6.27. The lowest BCUT2D eigenvalue weighted by Gasteiger charge is -2.23. The van der Waals surface area contributed by atoms with Gasteiger partial charge in [-0.15, -0.1) is 0 Å². The second-order valence-electron chi connectivity index (χ2n) is 5.27. The van der Waals surface area contributed by atoms with E-state index in [2.05, 4.69) is 49.3 Å². The Labute approximate surface area is 111 Å². The Bertz CT molecular complexity index is 363. The molecule has 0 saturated carbocycles. The predicted octanol–water partition coefficient (Wildman–Crippen LogP) is 3.57. The molecule has 102 valence electrons. The Morgan fingerprint density at radius 2 is 1.94 bits per heavy atom. The van der Waals surface area contributed by atoms with E-state index >= 15 is 0 Å². The van der Waals surface area contributed by atoms with Crippen LogP contribution in [0.4, 0.5) is 0 Å². The Morgan fingerprint density at radius 1 is 1.22 bits per heavy atom. The molecular formula is C15H27N3. The van der Waals surface area contributed by atoms with Crippen LogP contribution < -0.4 is 5.32 Å². The predicted molar refractivity (Wildman–Crippen MR) is 76.6 cm³/mol. The van der Waals surface area contributed by atoms with Gasteiger partial charge in [-0.25, -0.2) is 0 Å². The van der Waals surface area contributed by atoms with Gasteiger partial charge in [0, 0.05) is 6.04 Å². The van der Waals surface area contributed by atoms with Crippen LogP contribution in [0.3, 0.4) is 0 Å². The molecule has 0 aliphatic heterocycles. The van der Waals surface area contributed by atoms with Gasteiger partial charge in [0.15, 0.2) is 0 Å². The largest absolute Gasteiger partial charge is 0.310 e. The molecule has 1 aromatic rings. The highest BCUT2D eigenvalue weighted by atomic mass is 15.1. The molecule has 0 fully saturated rings. The van der Waals surface area contributed by atoms with Crippen molar-refractivity contribution in [2.75, 3.05) is 6.54 Å². The summed E-state index contributed by atoms with van der Waals surface area (Å²) in [6.45, 7) is 11.8. The van der Waals surface area contributed by atoms with Crippen molar-refractivity contribution in [2.24, 2.45) is 5.92 Å². The van der Waals surface area contributed by atoms with Crippen LogP contribution in [0.5, 0.6) is 0 Å². The van der Waals surface area contributed by atoms with E-state index in [0.29, 0.717) is 6.04 Å². The number of nitrogens with zero attached hydrogens (tertiary/aromatic N) is 2. The SMILES string of the molecule is CCCC(C)CC(NCC)c1cc(C)nnc1C. The zero-order chi connectivity index (χ0) is 13.5. The summed E-state index contributed by atoms with van der Waals surface area (Å²) in [6.07, 6.45) is 3.72. The van der Waals surface area contributed by atoms with E-state index in [1.54, 1.807) is 0 Å².